The van der Waals surface area contributed by atoms with Gasteiger partial charge >= 0.3 is 5.97 Å². The molecule has 0 radical (unpaired) electrons. The molecule has 0 spiro atoms. The first-order valence-electron chi connectivity index (χ1n) is 5.50. The molecule has 0 aliphatic carbocycles. The Morgan fingerprint density at radius 3 is 2.65 bits per heavy atom. The second-order valence-electron chi connectivity index (χ2n) is 4.08. The van der Waals surface area contributed by atoms with E-state index >= 15 is 0 Å². The Kier molecular flexibility index (Phi) is 4.23. The number of aryl methyl sites for hydroxylation is 1. The number of rotatable bonds is 4. The minimum absolute atomic E-state index is 0.0864. The Bertz CT molecular complexity index is 401. The van der Waals surface area contributed by atoms with Crippen LogP contribution in [0.15, 0.2) is 24.3 Å². The van der Waals surface area contributed by atoms with Crippen molar-refractivity contribution in [2.45, 2.75) is 32.5 Å². The predicted molar refractivity (Wildman–Crippen MR) is 62.3 cm³/mol. The fourth-order valence-corrected chi connectivity index (χ4v) is 1.72. The quantitative estimate of drug-likeness (QED) is 0.820. The average molecular weight is 240 g/mol. The van der Waals surface area contributed by atoms with Crippen LogP contribution < -0.4 is 0 Å². The molecule has 1 aromatic carbocycles. The maximum absolute atomic E-state index is 13.9. The molecule has 2 unspecified atom stereocenters. The predicted octanol–water partition coefficient (Wildman–Crippen LogP) is 2.10. The number of hydrogen-bond donors (Lipinski definition) is 1. The van der Waals surface area contributed by atoms with Crippen molar-refractivity contribution in [2.75, 3.05) is 6.61 Å². The topological polar surface area (TPSA) is 46.5 Å². The van der Waals surface area contributed by atoms with Crippen LogP contribution in [-0.4, -0.2) is 23.9 Å². The summed E-state index contributed by atoms with van der Waals surface area (Å²) in [5, 5.41) is 10.2. The van der Waals surface area contributed by atoms with Gasteiger partial charge in [-0.1, -0.05) is 24.3 Å². The number of halogens is 1. The number of benzene rings is 1. The zero-order chi connectivity index (χ0) is 13.1. The molecule has 17 heavy (non-hydrogen) atoms. The third-order valence-corrected chi connectivity index (χ3v) is 2.68. The summed E-state index contributed by atoms with van der Waals surface area (Å²) in [5.74, 6) is -1.04. The molecule has 1 rings (SSSR count). The highest BCUT2D eigenvalue weighted by Gasteiger charge is 2.41. The first-order chi connectivity index (χ1) is 7.91. The smallest absolute Gasteiger partial charge is 0.344 e. The lowest BCUT2D eigenvalue weighted by Gasteiger charge is -2.27. The number of esters is 1. The van der Waals surface area contributed by atoms with E-state index < -0.39 is 17.7 Å². The molecule has 3 nitrogen and oxygen atoms in total. The Morgan fingerprint density at radius 2 is 2.12 bits per heavy atom. The van der Waals surface area contributed by atoms with Crippen molar-refractivity contribution in [1.29, 1.82) is 0 Å². The average Bonchev–Trinajstić information content (AvgIpc) is 2.28. The number of ether oxygens (including phenoxy) is 1. The van der Waals surface area contributed by atoms with Crippen LogP contribution in [0, 0.1) is 6.92 Å². The van der Waals surface area contributed by atoms with E-state index in [0.717, 1.165) is 5.56 Å². The van der Waals surface area contributed by atoms with E-state index in [1.54, 1.807) is 38.1 Å². The molecule has 1 N–H and O–H groups in total. The van der Waals surface area contributed by atoms with E-state index in [0.29, 0.717) is 5.56 Å². The molecule has 4 heteroatoms. The molecule has 1 aromatic rings. The van der Waals surface area contributed by atoms with Gasteiger partial charge in [0, 0.05) is 0 Å². The zero-order valence-corrected chi connectivity index (χ0v) is 10.2. The summed E-state index contributed by atoms with van der Waals surface area (Å²) >= 11 is 0. The monoisotopic (exact) mass is 240 g/mol. The molecule has 0 heterocycles. The summed E-state index contributed by atoms with van der Waals surface area (Å²) in [5.41, 5.74) is -0.762. The van der Waals surface area contributed by atoms with Crippen molar-refractivity contribution >= 4 is 5.97 Å². The summed E-state index contributed by atoms with van der Waals surface area (Å²) in [4.78, 5) is 11.3. The van der Waals surface area contributed by atoms with Crippen LogP contribution in [-0.2, 0) is 15.1 Å². The zero-order valence-electron chi connectivity index (χ0n) is 10.2. The summed E-state index contributed by atoms with van der Waals surface area (Å²) in [6, 6.07) is 6.82. The van der Waals surface area contributed by atoms with Crippen molar-refractivity contribution in [3.8, 4) is 0 Å². The van der Waals surface area contributed by atoms with Crippen LogP contribution in [0.25, 0.3) is 0 Å². The van der Waals surface area contributed by atoms with Gasteiger partial charge in [-0.15, -0.1) is 0 Å². The summed E-state index contributed by atoms with van der Waals surface area (Å²) in [7, 11) is 0. The fourth-order valence-electron chi connectivity index (χ4n) is 1.72. The van der Waals surface area contributed by atoms with E-state index in [4.69, 9.17) is 0 Å². The van der Waals surface area contributed by atoms with Gasteiger partial charge < -0.3 is 9.84 Å². The van der Waals surface area contributed by atoms with E-state index in [-0.39, 0.29) is 6.61 Å². The maximum atomic E-state index is 13.9. The van der Waals surface area contributed by atoms with Gasteiger partial charge in [-0.3, -0.25) is 0 Å². The van der Waals surface area contributed by atoms with Crippen molar-refractivity contribution in [3.63, 3.8) is 0 Å². The molecule has 0 aliphatic rings. The molecule has 0 saturated carbocycles. The lowest BCUT2D eigenvalue weighted by atomic mass is 9.88. The first-order valence-corrected chi connectivity index (χ1v) is 5.50. The molecule has 0 aromatic heterocycles. The van der Waals surface area contributed by atoms with Crippen LogP contribution in [0.3, 0.4) is 0 Å². The van der Waals surface area contributed by atoms with E-state index in [2.05, 4.69) is 4.74 Å². The second kappa shape index (κ2) is 5.27. The molecule has 0 saturated heterocycles. The first kappa shape index (κ1) is 13.6. The van der Waals surface area contributed by atoms with Gasteiger partial charge in [-0.2, -0.15) is 0 Å². The van der Waals surface area contributed by atoms with Gasteiger partial charge in [-0.25, -0.2) is 9.18 Å². The molecular formula is C13H17FO3. The summed E-state index contributed by atoms with van der Waals surface area (Å²) in [6.07, 6.45) is -2.09. The lowest BCUT2D eigenvalue weighted by molar-refractivity contribution is -0.160. The third-order valence-electron chi connectivity index (χ3n) is 2.68. The largest absolute Gasteiger partial charge is 0.464 e. The molecule has 0 amide bonds. The minimum Gasteiger partial charge on any atom is -0.464 e. The number of hydrogen-bond acceptors (Lipinski definition) is 3. The second-order valence-corrected chi connectivity index (χ2v) is 4.08. The molecule has 0 bridgehead atoms. The standard InChI is InChI=1S/C13H17FO3/c1-4-17-12(15)11(14)13(3,16)10-8-6-5-7-9(10)2/h5-8,11,16H,4H2,1-3H3. The van der Waals surface area contributed by atoms with Gasteiger partial charge in [0.15, 0.2) is 0 Å². The van der Waals surface area contributed by atoms with Gasteiger partial charge in [0.1, 0.15) is 5.60 Å². The highest BCUT2D eigenvalue weighted by molar-refractivity contribution is 5.76. The molecule has 0 aliphatic heterocycles. The number of aliphatic hydroxyl groups is 1. The highest BCUT2D eigenvalue weighted by Crippen LogP contribution is 2.29. The minimum atomic E-state index is -2.09. The van der Waals surface area contributed by atoms with Crippen LogP contribution >= 0.6 is 0 Å². The maximum Gasteiger partial charge on any atom is 0.344 e. The summed E-state index contributed by atoms with van der Waals surface area (Å²) < 4.78 is 18.5. The Hall–Kier alpha value is -1.42. The van der Waals surface area contributed by atoms with E-state index in [1.165, 1.54) is 6.92 Å². The summed E-state index contributed by atoms with van der Waals surface area (Å²) in [6.45, 7) is 4.70. The molecule has 2 atom stereocenters. The van der Waals surface area contributed by atoms with Crippen LogP contribution in [0.2, 0.25) is 0 Å². The van der Waals surface area contributed by atoms with Crippen molar-refractivity contribution in [3.05, 3.63) is 35.4 Å². The van der Waals surface area contributed by atoms with Gasteiger partial charge in [0.2, 0.25) is 6.17 Å². The third kappa shape index (κ3) is 2.82. The van der Waals surface area contributed by atoms with Gasteiger partial charge in [-0.05, 0) is 31.9 Å². The fraction of sp³-hybridized carbons (Fsp3) is 0.462. The highest BCUT2D eigenvalue weighted by atomic mass is 19.1. The molecular weight excluding hydrogens is 223 g/mol. The van der Waals surface area contributed by atoms with Crippen LogP contribution in [0.1, 0.15) is 25.0 Å². The van der Waals surface area contributed by atoms with Crippen molar-refractivity contribution < 1.29 is 19.0 Å². The number of alkyl halides is 1. The Balaban J connectivity index is 3.02. The Morgan fingerprint density at radius 1 is 1.53 bits per heavy atom. The van der Waals surface area contributed by atoms with E-state index in [9.17, 15) is 14.3 Å². The van der Waals surface area contributed by atoms with Crippen LogP contribution in [0.5, 0.6) is 0 Å². The van der Waals surface area contributed by atoms with Crippen molar-refractivity contribution in [2.24, 2.45) is 0 Å². The van der Waals surface area contributed by atoms with E-state index in [1.807, 2.05) is 0 Å². The normalized spacial score (nSPS) is 16.1. The van der Waals surface area contributed by atoms with Crippen LogP contribution in [0.4, 0.5) is 4.39 Å². The van der Waals surface area contributed by atoms with Gasteiger partial charge in [0.25, 0.3) is 0 Å². The van der Waals surface area contributed by atoms with Gasteiger partial charge in [0.05, 0.1) is 6.61 Å². The molecule has 94 valence electrons. The van der Waals surface area contributed by atoms with Crippen molar-refractivity contribution in [1.82, 2.24) is 0 Å². The molecule has 0 fully saturated rings. The lowest BCUT2D eigenvalue weighted by Crippen LogP contribution is -2.40. The number of carbonyl (C=O) groups is 1. The SMILES string of the molecule is CCOC(=O)C(F)C(C)(O)c1ccccc1C. The number of carbonyl (C=O) groups excluding carboxylic acids is 1. The Labute approximate surface area is 100 Å².